The van der Waals surface area contributed by atoms with Gasteiger partial charge in [0, 0.05) is 23.0 Å². The van der Waals surface area contributed by atoms with E-state index in [2.05, 4.69) is 25.6 Å². The summed E-state index contributed by atoms with van der Waals surface area (Å²) in [6.45, 7) is 7.60. The molecular formula is C18H32O3S. The van der Waals surface area contributed by atoms with Crippen molar-refractivity contribution in [2.24, 2.45) is 29.6 Å². The van der Waals surface area contributed by atoms with Crippen LogP contribution in [-0.2, 0) is 4.74 Å². The zero-order valence-electron chi connectivity index (χ0n) is 14.1. The SMILES string of the molecule is CC1SC(C)C(C(C)C(O)O)C1C1CCC2OCCCC2C1. The Labute approximate surface area is 139 Å². The second kappa shape index (κ2) is 7.00. The van der Waals surface area contributed by atoms with Crippen molar-refractivity contribution in [1.29, 1.82) is 0 Å². The Hall–Kier alpha value is 0.230. The van der Waals surface area contributed by atoms with Crippen LogP contribution in [0.2, 0.25) is 0 Å². The summed E-state index contributed by atoms with van der Waals surface area (Å²) in [7, 11) is 0. The molecule has 2 saturated heterocycles. The first-order chi connectivity index (χ1) is 10.5. The highest BCUT2D eigenvalue weighted by molar-refractivity contribution is 8.00. The number of fused-ring (bicyclic) bond motifs is 1. The Morgan fingerprint density at radius 1 is 1.05 bits per heavy atom. The van der Waals surface area contributed by atoms with Gasteiger partial charge in [0.25, 0.3) is 0 Å². The minimum atomic E-state index is -1.18. The third-order valence-corrected chi connectivity index (χ3v) is 8.07. The van der Waals surface area contributed by atoms with E-state index in [1.807, 2.05) is 6.92 Å². The Balaban J connectivity index is 1.73. The van der Waals surface area contributed by atoms with E-state index >= 15 is 0 Å². The lowest BCUT2D eigenvalue weighted by Gasteiger charge is -2.44. The van der Waals surface area contributed by atoms with E-state index in [1.54, 1.807) is 0 Å². The second-order valence-corrected chi connectivity index (χ2v) is 9.62. The molecule has 2 heterocycles. The van der Waals surface area contributed by atoms with Crippen LogP contribution >= 0.6 is 11.8 Å². The molecule has 4 heteroatoms. The Morgan fingerprint density at radius 2 is 1.82 bits per heavy atom. The fraction of sp³-hybridized carbons (Fsp3) is 1.00. The third kappa shape index (κ3) is 3.22. The predicted molar refractivity (Wildman–Crippen MR) is 90.7 cm³/mol. The van der Waals surface area contributed by atoms with Crippen LogP contribution in [0.25, 0.3) is 0 Å². The van der Waals surface area contributed by atoms with Crippen molar-refractivity contribution in [1.82, 2.24) is 0 Å². The minimum absolute atomic E-state index is 0.0298. The minimum Gasteiger partial charge on any atom is -0.378 e. The van der Waals surface area contributed by atoms with Gasteiger partial charge >= 0.3 is 0 Å². The van der Waals surface area contributed by atoms with Gasteiger partial charge in [-0.15, -0.1) is 0 Å². The summed E-state index contributed by atoms with van der Waals surface area (Å²) in [6.07, 6.45) is 5.62. The first-order valence-corrected chi connectivity index (χ1v) is 10.1. The van der Waals surface area contributed by atoms with Gasteiger partial charge in [0.05, 0.1) is 6.10 Å². The molecule has 2 aliphatic heterocycles. The van der Waals surface area contributed by atoms with Crippen LogP contribution in [0, 0.1) is 29.6 Å². The molecular weight excluding hydrogens is 296 g/mol. The average Bonchev–Trinajstić information content (AvgIpc) is 2.80. The normalized spacial score (nSPS) is 47.5. The molecule has 3 nitrogen and oxygen atoms in total. The lowest BCUT2D eigenvalue weighted by atomic mass is 9.65. The van der Waals surface area contributed by atoms with Gasteiger partial charge in [-0.25, -0.2) is 0 Å². The summed E-state index contributed by atoms with van der Waals surface area (Å²) in [5.74, 6) is 2.50. The molecule has 3 rings (SSSR count). The summed E-state index contributed by atoms with van der Waals surface area (Å²) in [5, 5.41) is 20.6. The van der Waals surface area contributed by atoms with Crippen molar-refractivity contribution in [3.8, 4) is 0 Å². The molecule has 22 heavy (non-hydrogen) atoms. The fourth-order valence-electron chi connectivity index (χ4n) is 5.55. The molecule has 3 aliphatic rings. The van der Waals surface area contributed by atoms with Crippen LogP contribution in [0.1, 0.15) is 52.9 Å². The number of thioether (sulfide) groups is 1. The number of rotatable bonds is 3. The van der Waals surface area contributed by atoms with Crippen LogP contribution < -0.4 is 0 Å². The lowest BCUT2D eigenvalue weighted by molar-refractivity contribution is -0.109. The van der Waals surface area contributed by atoms with Gasteiger partial charge in [0.2, 0.25) is 0 Å². The molecule has 8 unspecified atom stereocenters. The van der Waals surface area contributed by atoms with Crippen LogP contribution in [0.4, 0.5) is 0 Å². The van der Waals surface area contributed by atoms with Gasteiger partial charge < -0.3 is 14.9 Å². The van der Waals surface area contributed by atoms with E-state index < -0.39 is 6.29 Å². The number of aliphatic hydroxyl groups is 2. The van der Waals surface area contributed by atoms with E-state index in [0.29, 0.717) is 28.4 Å². The summed E-state index contributed by atoms with van der Waals surface area (Å²) in [6, 6.07) is 0. The molecule has 3 fully saturated rings. The maximum absolute atomic E-state index is 9.72. The van der Waals surface area contributed by atoms with E-state index in [1.165, 1.54) is 32.1 Å². The van der Waals surface area contributed by atoms with E-state index in [-0.39, 0.29) is 5.92 Å². The van der Waals surface area contributed by atoms with Gasteiger partial charge in [-0.05, 0) is 55.8 Å². The average molecular weight is 329 g/mol. The number of ether oxygens (including phenoxy) is 1. The highest BCUT2D eigenvalue weighted by Gasteiger charge is 2.49. The van der Waals surface area contributed by atoms with Crippen molar-refractivity contribution >= 4 is 11.8 Å². The summed E-state index contributed by atoms with van der Waals surface area (Å²) >= 11 is 2.05. The molecule has 1 saturated carbocycles. The van der Waals surface area contributed by atoms with E-state index in [4.69, 9.17) is 4.74 Å². The smallest absolute Gasteiger partial charge is 0.154 e. The van der Waals surface area contributed by atoms with Crippen molar-refractivity contribution in [2.45, 2.75) is 75.8 Å². The summed E-state index contributed by atoms with van der Waals surface area (Å²) in [4.78, 5) is 0. The monoisotopic (exact) mass is 328 g/mol. The Morgan fingerprint density at radius 3 is 2.55 bits per heavy atom. The maximum atomic E-state index is 9.72. The first kappa shape index (κ1) is 17.1. The second-order valence-electron chi connectivity index (χ2n) is 7.86. The van der Waals surface area contributed by atoms with Crippen molar-refractivity contribution < 1.29 is 14.9 Å². The predicted octanol–water partition coefficient (Wildman–Crippen LogP) is 3.28. The number of hydrogen-bond acceptors (Lipinski definition) is 4. The molecule has 0 aromatic carbocycles. The highest BCUT2D eigenvalue weighted by Crippen LogP contribution is 2.54. The zero-order valence-corrected chi connectivity index (χ0v) is 15.0. The summed E-state index contributed by atoms with van der Waals surface area (Å²) in [5.41, 5.74) is 0. The molecule has 0 bridgehead atoms. The molecule has 8 atom stereocenters. The van der Waals surface area contributed by atoms with Crippen molar-refractivity contribution in [2.75, 3.05) is 6.61 Å². The Bertz CT molecular complexity index is 375. The summed E-state index contributed by atoms with van der Waals surface area (Å²) < 4.78 is 5.97. The quantitative estimate of drug-likeness (QED) is 0.781. The van der Waals surface area contributed by atoms with Crippen LogP contribution in [0.3, 0.4) is 0 Å². The van der Waals surface area contributed by atoms with Crippen molar-refractivity contribution in [3.05, 3.63) is 0 Å². The highest BCUT2D eigenvalue weighted by atomic mass is 32.2. The topological polar surface area (TPSA) is 49.7 Å². The van der Waals surface area contributed by atoms with Crippen LogP contribution in [0.15, 0.2) is 0 Å². The van der Waals surface area contributed by atoms with Crippen molar-refractivity contribution in [3.63, 3.8) is 0 Å². The first-order valence-electron chi connectivity index (χ1n) is 9.12. The maximum Gasteiger partial charge on any atom is 0.154 e. The zero-order chi connectivity index (χ0) is 15.9. The molecule has 128 valence electrons. The van der Waals surface area contributed by atoms with E-state index in [0.717, 1.165) is 18.4 Å². The van der Waals surface area contributed by atoms with E-state index in [9.17, 15) is 10.2 Å². The molecule has 0 radical (unpaired) electrons. The number of hydrogen-bond donors (Lipinski definition) is 2. The molecule has 0 spiro atoms. The van der Waals surface area contributed by atoms with Gasteiger partial charge in [-0.2, -0.15) is 11.8 Å². The van der Waals surface area contributed by atoms with Gasteiger partial charge in [-0.1, -0.05) is 20.8 Å². The van der Waals surface area contributed by atoms with Crippen LogP contribution in [-0.4, -0.2) is 39.7 Å². The molecule has 0 amide bonds. The fourth-order valence-corrected chi connectivity index (χ4v) is 7.42. The van der Waals surface area contributed by atoms with Crippen LogP contribution in [0.5, 0.6) is 0 Å². The largest absolute Gasteiger partial charge is 0.378 e. The van der Waals surface area contributed by atoms with Gasteiger partial charge in [0.1, 0.15) is 0 Å². The Kier molecular flexibility index (Phi) is 5.43. The molecule has 0 aromatic rings. The molecule has 1 aliphatic carbocycles. The van der Waals surface area contributed by atoms with Gasteiger partial charge in [0.15, 0.2) is 6.29 Å². The molecule has 0 aromatic heterocycles. The standard InChI is InChI=1S/C18H32O3S/c1-10(18(19)20)16-11(2)22-12(3)17(16)14-6-7-15-13(9-14)5-4-8-21-15/h10-20H,4-9H2,1-3H3. The van der Waals surface area contributed by atoms with Gasteiger partial charge in [-0.3, -0.25) is 0 Å². The third-order valence-electron chi connectivity index (χ3n) is 6.58. The lowest BCUT2D eigenvalue weighted by Crippen LogP contribution is -2.42. The molecule has 2 N–H and O–H groups in total. The number of aliphatic hydroxyl groups excluding tert-OH is 1.